The number of rotatable bonds is 7. The van der Waals surface area contributed by atoms with E-state index in [1.807, 2.05) is 0 Å². The SMILES string of the molecule is CCCCCC(CC(C)=O)B1Nc2cccc3cccc(c23)N1. The molecule has 4 heteroatoms. The number of benzene rings is 2. The first-order chi connectivity index (χ1) is 11.2. The van der Waals surface area contributed by atoms with E-state index in [4.69, 9.17) is 0 Å². The van der Waals surface area contributed by atoms with Crippen molar-refractivity contribution in [2.45, 2.75) is 51.8 Å². The van der Waals surface area contributed by atoms with Crippen LogP contribution in [0.25, 0.3) is 10.8 Å². The van der Waals surface area contributed by atoms with Gasteiger partial charge in [0.05, 0.1) is 0 Å². The van der Waals surface area contributed by atoms with E-state index in [-0.39, 0.29) is 12.8 Å². The van der Waals surface area contributed by atoms with Gasteiger partial charge in [0.25, 0.3) is 0 Å². The van der Waals surface area contributed by atoms with Crippen LogP contribution in [-0.2, 0) is 4.79 Å². The Morgan fingerprint density at radius 3 is 2.30 bits per heavy atom. The Bertz CT molecular complexity index is 660. The highest BCUT2D eigenvalue weighted by Gasteiger charge is 2.32. The Morgan fingerprint density at radius 1 is 1.09 bits per heavy atom. The van der Waals surface area contributed by atoms with E-state index >= 15 is 0 Å². The van der Waals surface area contributed by atoms with Crippen LogP contribution in [0, 0.1) is 0 Å². The van der Waals surface area contributed by atoms with Gasteiger partial charge < -0.3 is 15.3 Å². The van der Waals surface area contributed by atoms with Gasteiger partial charge in [-0.25, -0.2) is 0 Å². The molecule has 3 nitrogen and oxygen atoms in total. The molecule has 0 fully saturated rings. The number of unbranched alkanes of at least 4 members (excludes halogenated alkanes) is 2. The lowest BCUT2D eigenvalue weighted by atomic mass is 9.57. The number of carbonyl (C=O) groups is 1. The molecule has 0 saturated carbocycles. The highest BCUT2D eigenvalue weighted by atomic mass is 16.1. The second-order valence-electron chi connectivity index (χ2n) is 6.64. The van der Waals surface area contributed by atoms with Crippen molar-refractivity contribution in [3.63, 3.8) is 0 Å². The van der Waals surface area contributed by atoms with Crippen molar-refractivity contribution in [1.82, 2.24) is 0 Å². The molecular weight excluding hydrogens is 283 g/mol. The molecule has 1 aliphatic heterocycles. The minimum Gasteiger partial charge on any atom is -0.409 e. The molecule has 1 unspecified atom stereocenters. The molecule has 1 aliphatic rings. The monoisotopic (exact) mass is 308 g/mol. The minimum atomic E-state index is 0.122. The zero-order chi connectivity index (χ0) is 16.2. The number of hydrogen-bond donors (Lipinski definition) is 2. The third kappa shape index (κ3) is 3.52. The topological polar surface area (TPSA) is 41.1 Å². The van der Waals surface area contributed by atoms with Gasteiger partial charge in [-0.3, -0.25) is 0 Å². The van der Waals surface area contributed by atoms with Gasteiger partial charge in [-0.1, -0.05) is 56.9 Å². The van der Waals surface area contributed by atoms with Crippen LogP contribution in [-0.4, -0.2) is 12.8 Å². The number of anilines is 2. The molecule has 120 valence electrons. The van der Waals surface area contributed by atoms with Gasteiger partial charge in [0.15, 0.2) is 0 Å². The van der Waals surface area contributed by atoms with Crippen molar-refractivity contribution in [1.29, 1.82) is 0 Å². The standard InChI is InChI=1S/C19H25BN2O/c1-3-4-5-10-16(13-14(2)23)20-21-17-11-6-8-15-9-7-12-18(22-20)19(15)17/h6-9,11-12,16,21-22H,3-5,10,13H2,1-2H3. The predicted octanol–water partition coefficient (Wildman–Crippen LogP) is 5.10. The molecule has 0 bridgehead atoms. The van der Waals surface area contributed by atoms with Crippen LogP contribution in [0.15, 0.2) is 36.4 Å². The third-order valence-electron chi connectivity index (χ3n) is 4.73. The lowest BCUT2D eigenvalue weighted by Crippen LogP contribution is -2.42. The Hall–Kier alpha value is -1.97. The summed E-state index contributed by atoms with van der Waals surface area (Å²) < 4.78 is 0. The highest BCUT2D eigenvalue weighted by Crippen LogP contribution is 2.37. The van der Waals surface area contributed by atoms with Crippen LogP contribution < -0.4 is 10.5 Å². The average Bonchev–Trinajstić information content (AvgIpc) is 2.54. The summed E-state index contributed by atoms with van der Waals surface area (Å²) in [6, 6.07) is 12.7. The number of Topliss-reactive ketones (excluding diaryl/α,β-unsaturated/α-hetero) is 1. The fraction of sp³-hybridized carbons (Fsp3) is 0.421. The summed E-state index contributed by atoms with van der Waals surface area (Å²) in [5.74, 6) is 0.592. The summed E-state index contributed by atoms with van der Waals surface area (Å²) in [7, 11) is 0. The van der Waals surface area contributed by atoms with E-state index in [0.717, 1.165) is 6.42 Å². The third-order valence-corrected chi connectivity index (χ3v) is 4.73. The molecule has 3 rings (SSSR count). The van der Waals surface area contributed by atoms with E-state index in [0.29, 0.717) is 12.2 Å². The number of hydrogen-bond acceptors (Lipinski definition) is 3. The van der Waals surface area contributed by atoms with E-state index in [1.54, 1.807) is 6.92 Å². The minimum absolute atomic E-state index is 0.122. The Morgan fingerprint density at radius 2 is 1.74 bits per heavy atom. The smallest absolute Gasteiger partial charge is 0.373 e. The molecule has 1 atom stereocenters. The predicted molar refractivity (Wildman–Crippen MR) is 100 cm³/mol. The molecule has 2 N–H and O–H groups in total. The van der Waals surface area contributed by atoms with Crippen molar-refractivity contribution in [3.8, 4) is 0 Å². The van der Waals surface area contributed by atoms with Crippen LogP contribution in [0.3, 0.4) is 0 Å². The van der Waals surface area contributed by atoms with Gasteiger partial charge in [0, 0.05) is 23.2 Å². The van der Waals surface area contributed by atoms with E-state index in [2.05, 4.69) is 53.8 Å². The Kier molecular flexibility index (Phi) is 4.89. The second kappa shape index (κ2) is 7.07. The summed E-state index contributed by atoms with van der Waals surface area (Å²) in [6.45, 7) is 4.04. The van der Waals surface area contributed by atoms with Crippen LogP contribution in [0.5, 0.6) is 0 Å². The normalized spacial score (nSPS) is 14.3. The van der Waals surface area contributed by atoms with Crippen molar-refractivity contribution in [2.24, 2.45) is 0 Å². The van der Waals surface area contributed by atoms with Crippen LogP contribution in [0.1, 0.15) is 46.0 Å². The summed E-state index contributed by atoms with van der Waals surface area (Å²) >= 11 is 0. The zero-order valence-electron chi connectivity index (χ0n) is 14.1. The first kappa shape index (κ1) is 15.9. The Labute approximate surface area is 139 Å². The van der Waals surface area contributed by atoms with Gasteiger partial charge in [-0.05, 0) is 30.3 Å². The first-order valence-electron chi connectivity index (χ1n) is 8.73. The molecule has 0 aliphatic carbocycles. The molecule has 0 amide bonds. The molecular formula is C19H25BN2O. The van der Waals surface area contributed by atoms with Crippen molar-refractivity contribution in [3.05, 3.63) is 36.4 Å². The van der Waals surface area contributed by atoms with Gasteiger partial charge in [0.1, 0.15) is 5.78 Å². The maximum absolute atomic E-state index is 11.7. The maximum Gasteiger partial charge on any atom is 0.373 e. The largest absolute Gasteiger partial charge is 0.409 e. The van der Waals surface area contributed by atoms with Gasteiger partial charge in [0.2, 0.25) is 0 Å². The molecule has 23 heavy (non-hydrogen) atoms. The second-order valence-corrected chi connectivity index (χ2v) is 6.64. The summed E-state index contributed by atoms with van der Waals surface area (Å²) in [4.78, 5) is 11.7. The van der Waals surface area contributed by atoms with Gasteiger partial charge in [-0.15, -0.1) is 0 Å². The molecule has 0 spiro atoms. The molecule has 2 aromatic rings. The fourth-order valence-corrected chi connectivity index (χ4v) is 3.60. The highest BCUT2D eigenvalue weighted by molar-refractivity contribution is 6.69. The van der Waals surface area contributed by atoms with E-state index < -0.39 is 0 Å². The van der Waals surface area contributed by atoms with Crippen LogP contribution >= 0.6 is 0 Å². The first-order valence-corrected chi connectivity index (χ1v) is 8.73. The number of carbonyl (C=O) groups excluding carboxylic acids is 1. The fourth-order valence-electron chi connectivity index (χ4n) is 3.60. The lowest BCUT2D eigenvalue weighted by Gasteiger charge is -2.31. The average molecular weight is 308 g/mol. The van der Waals surface area contributed by atoms with Crippen molar-refractivity contribution >= 4 is 34.9 Å². The summed E-state index contributed by atoms with van der Waals surface area (Å²) in [6.07, 6.45) is 5.33. The summed E-state index contributed by atoms with van der Waals surface area (Å²) in [5, 5.41) is 9.75. The van der Waals surface area contributed by atoms with Crippen LogP contribution in [0.4, 0.5) is 11.4 Å². The molecule has 0 saturated heterocycles. The van der Waals surface area contributed by atoms with Gasteiger partial charge in [-0.2, -0.15) is 0 Å². The van der Waals surface area contributed by atoms with Crippen molar-refractivity contribution in [2.75, 3.05) is 10.5 Å². The molecule has 0 aromatic heterocycles. The maximum atomic E-state index is 11.7. The zero-order valence-corrected chi connectivity index (χ0v) is 14.1. The van der Waals surface area contributed by atoms with E-state index in [9.17, 15) is 4.79 Å². The summed E-state index contributed by atoms with van der Waals surface area (Å²) in [5.41, 5.74) is 2.34. The van der Waals surface area contributed by atoms with Crippen LogP contribution in [0.2, 0.25) is 5.82 Å². The van der Waals surface area contributed by atoms with Crippen molar-refractivity contribution < 1.29 is 4.79 Å². The number of nitrogens with one attached hydrogen (secondary N) is 2. The number of ketones is 1. The lowest BCUT2D eigenvalue weighted by molar-refractivity contribution is -0.117. The van der Waals surface area contributed by atoms with Gasteiger partial charge >= 0.3 is 6.98 Å². The Balaban J connectivity index is 1.84. The molecule has 1 heterocycles. The molecule has 2 aromatic carbocycles. The quantitative estimate of drug-likeness (QED) is 0.552. The molecule has 0 radical (unpaired) electrons. The van der Waals surface area contributed by atoms with E-state index in [1.165, 1.54) is 41.4 Å².